The number of hydrogen-bond acceptors (Lipinski definition) is 3. The van der Waals surface area contributed by atoms with E-state index in [-0.39, 0.29) is 6.04 Å². The van der Waals surface area contributed by atoms with Gasteiger partial charge in [0.15, 0.2) is 0 Å². The van der Waals surface area contributed by atoms with Gasteiger partial charge in [0.05, 0.1) is 11.8 Å². The quantitative estimate of drug-likeness (QED) is 0.649. The van der Waals surface area contributed by atoms with Crippen LogP contribution in [-0.4, -0.2) is 18.8 Å². The van der Waals surface area contributed by atoms with Gasteiger partial charge in [0.2, 0.25) is 0 Å². The van der Waals surface area contributed by atoms with Crippen LogP contribution >= 0.6 is 11.8 Å². The van der Waals surface area contributed by atoms with Crippen molar-refractivity contribution >= 4 is 17.4 Å². The summed E-state index contributed by atoms with van der Waals surface area (Å²) in [5, 5.41) is 8.97. The van der Waals surface area contributed by atoms with Gasteiger partial charge in [-0.05, 0) is 18.6 Å². The minimum Gasteiger partial charge on any atom is -0.357 e. The lowest BCUT2D eigenvalue weighted by Gasteiger charge is -2.32. The summed E-state index contributed by atoms with van der Waals surface area (Å²) >= 11 is 1.78. The second kappa shape index (κ2) is 3.55. The van der Waals surface area contributed by atoms with Crippen LogP contribution in [0.15, 0.2) is 23.1 Å². The fraction of sp³-hybridized carbons (Fsp3) is 0.364. The van der Waals surface area contributed by atoms with E-state index in [2.05, 4.69) is 36.1 Å². The largest absolute Gasteiger partial charge is 0.357 e. The number of anilines is 1. The molecule has 3 heteroatoms. The van der Waals surface area contributed by atoms with E-state index in [1.807, 2.05) is 7.05 Å². The maximum Gasteiger partial charge on any atom is 0.126 e. The van der Waals surface area contributed by atoms with Gasteiger partial charge in [0.1, 0.15) is 6.04 Å². The van der Waals surface area contributed by atoms with Crippen molar-refractivity contribution < 1.29 is 0 Å². The van der Waals surface area contributed by atoms with Gasteiger partial charge in [-0.25, -0.2) is 0 Å². The van der Waals surface area contributed by atoms with Crippen LogP contribution in [0.4, 0.5) is 5.69 Å². The van der Waals surface area contributed by atoms with Gasteiger partial charge in [-0.3, -0.25) is 0 Å². The molecule has 0 fully saturated rings. The van der Waals surface area contributed by atoms with Crippen molar-refractivity contribution in [2.45, 2.75) is 17.9 Å². The average molecular weight is 204 g/mol. The normalized spacial score (nSPS) is 20.1. The van der Waals surface area contributed by atoms with Gasteiger partial charge in [0, 0.05) is 17.7 Å². The Morgan fingerprint density at radius 1 is 1.57 bits per heavy atom. The SMILES string of the molecule is Cc1cccc2c1N(C)C(C#N)CS2. The number of fused-ring (bicyclic) bond motifs is 1. The van der Waals surface area contributed by atoms with Crippen molar-refractivity contribution in [3.05, 3.63) is 23.8 Å². The van der Waals surface area contributed by atoms with Crippen LogP contribution in [0.25, 0.3) is 0 Å². The van der Waals surface area contributed by atoms with E-state index in [0.717, 1.165) is 5.75 Å². The highest BCUT2D eigenvalue weighted by Crippen LogP contribution is 2.38. The molecule has 1 aromatic rings. The zero-order valence-corrected chi connectivity index (χ0v) is 9.14. The third-order valence-corrected chi connectivity index (χ3v) is 3.69. The number of rotatable bonds is 0. The molecule has 0 spiro atoms. The number of hydrogen-bond donors (Lipinski definition) is 0. The maximum atomic E-state index is 8.97. The Morgan fingerprint density at radius 2 is 2.36 bits per heavy atom. The lowest BCUT2D eigenvalue weighted by molar-refractivity contribution is 0.819. The highest BCUT2D eigenvalue weighted by molar-refractivity contribution is 7.99. The summed E-state index contributed by atoms with van der Waals surface area (Å²) in [7, 11) is 2.00. The molecule has 2 nitrogen and oxygen atoms in total. The fourth-order valence-electron chi connectivity index (χ4n) is 1.76. The molecule has 1 atom stereocenters. The van der Waals surface area contributed by atoms with Crippen LogP contribution in [-0.2, 0) is 0 Å². The summed E-state index contributed by atoms with van der Waals surface area (Å²) in [5.41, 5.74) is 2.47. The van der Waals surface area contributed by atoms with Crippen molar-refractivity contribution in [3.63, 3.8) is 0 Å². The molecule has 0 aromatic heterocycles. The molecule has 1 aliphatic rings. The standard InChI is InChI=1S/C11H12N2S/c1-8-4-3-5-10-11(8)13(2)9(6-12)7-14-10/h3-5,9H,7H2,1-2H3. The van der Waals surface area contributed by atoms with Crippen LogP contribution in [0.1, 0.15) is 5.56 Å². The Hall–Kier alpha value is -1.14. The third-order valence-electron chi connectivity index (χ3n) is 2.57. The first-order valence-electron chi connectivity index (χ1n) is 4.59. The molecular formula is C11H12N2S. The van der Waals surface area contributed by atoms with Gasteiger partial charge in [0.25, 0.3) is 0 Å². The number of thioether (sulfide) groups is 1. The van der Waals surface area contributed by atoms with E-state index in [4.69, 9.17) is 5.26 Å². The van der Waals surface area contributed by atoms with Crippen molar-refractivity contribution in [2.24, 2.45) is 0 Å². The summed E-state index contributed by atoms with van der Waals surface area (Å²) in [6.07, 6.45) is 0. The second-order valence-electron chi connectivity index (χ2n) is 3.49. The van der Waals surface area contributed by atoms with Gasteiger partial charge in [-0.2, -0.15) is 5.26 Å². The fourth-order valence-corrected chi connectivity index (χ4v) is 3.01. The Bertz CT molecular complexity index is 395. The molecule has 0 N–H and O–H groups in total. The number of aryl methyl sites for hydroxylation is 1. The predicted molar refractivity (Wildman–Crippen MR) is 59.7 cm³/mol. The molecule has 2 rings (SSSR count). The first-order valence-corrected chi connectivity index (χ1v) is 5.57. The monoisotopic (exact) mass is 204 g/mol. The molecule has 0 bridgehead atoms. The summed E-state index contributed by atoms with van der Waals surface area (Å²) in [6.45, 7) is 2.09. The predicted octanol–water partition coefficient (Wildman–Crippen LogP) is 2.43. The third kappa shape index (κ3) is 1.36. The molecule has 0 amide bonds. The number of nitriles is 1. The van der Waals surface area contributed by atoms with E-state index in [1.165, 1.54) is 16.1 Å². The molecule has 1 heterocycles. The molecular weight excluding hydrogens is 192 g/mol. The van der Waals surface area contributed by atoms with Crippen molar-refractivity contribution in [1.29, 1.82) is 5.26 Å². The molecule has 14 heavy (non-hydrogen) atoms. The molecule has 0 aliphatic carbocycles. The first kappa shape index (κ1) is 9.42. The maximum absolute atomic E-state index is 8.97. The molecule has 72 valence electrons. The van der Waals surface area contributed by atoms with E-state index >= 15 is 0 Å². The summed E-state index contributed by atoms with van der Waals surface area (Å²) in [5.74, 6) is 0.865. The van der Waals surface area contributed by atoms with Crippen LogP contribution in [0.5, 0.6) is 0 Å². The van der Waals surface area contributed by atoms with Gasteiger partial charge in [-0.1, -0.05) is 12.1 Å². The molecule has 1 aliphatic heterocycles. The van der Waals surface area contributed by atoms with Crippen LogP contribution in [0.2, 0.25) is 0 Å². The smallest absolute Gasteiger partial charge is 0.126 e. The molecule has 0 saturated heterocycles. The van der Waals surface area contributed by atoms with Crippen molar-refractivity contribution in [1.82, 2.24) is 0 Å². The lowest BCUT2D eigenvalue weighted by Crippen LogP contribution is -2.35. The Labute approximate surface area is 88.5 Å². The van der Waals surface area contributed by atoms with E-state index < -0.39 is 0 Å². The molecule has 1 unspecified atom stereocenters. The van der Waals surface area contributed by atoms with E-state index in [1.54, 1.807) is 11.8 Å². The molecule has 1 aromatic carbocycles. The minimum absolute atomic E-state index is 0.00796. The highest BCUT2D eigenvalue weighted by atomic mass is 32.2. The molecule has 0 saturated carbocycles. The summed E-state index contributed by atoms with van der Waals surface area (Å²) < 4.78 is 0. The van der Waals surface area contributed by atoms with Crippen LogP contribution < -0.4 is 4.90 Å². The van der Waals surface area contributed by atoms with E-state index in [9.17, 15) is 0 Å². The number of nitrogens with zero attached hydrogens (tertiary/aromatic N) is 2. The first-order chi connectivity index (χ1) is 6.74. The second-order valence-corrected chi connectivity index (χ2v) is 4.55. The summed E-state index contributed by atoms with van der Waals surface area (Å²) in [4.78, 5) is 3.38. The Morgan fingerprint density at radius 3 is 3.07 bits per heavy atom. The average Bonchev–Trinajstić information content (AvgIpc) is 2.18. The zero-order valence-electron chi connectivity index (χ0n) is 8.32. The minimum atomic E-state index is 0.00796. The van der Waals surface area contributed by atoms with Gasteiger partial charge >= 0.3 is 0 Å². The van der Waals surface area contributed by atoms with E-state index in [0.29, 0.717) is 0 Å². The zero-order chi connectivity index (χ0) is 10.1. The Kier molecular flexibility index (Phi) is 2.39. The molecule has 0 radical (unpaired) electrons. The van der Waals surface area contributed by atoms with Gasteiger partial charge < -0.3 is 4.90 Å². The number of benzene rings is 1. The Balaban J connectivity index is 2.49. The summed E-state index contributed by atoms with van der Waals surface area (Å²) in [6, 6.07) is 8.62. The highest BCUT2D eigenvalue weighted by Gasteiger charge is 2.24. The van der Waals surface area contributed by atoms with Gasteiger partial charge in [-0.15, -0.1) is 11.8 Å². The lowest BCUT2D eigenvalue weighted by atomic mass is 10.1. The van der Waals surface area contributed by atoms with Crippen molar-refractivity contribution in [2.75, 3.05) is 17.7 Å². The van der Waals surface area contributed by atoms with Crippen molar-refractivity contribution in [3.8, 4) is 6.07 Å². The number of para-hydroxylation sites is 1. The van der Waals surface area contributed by atoms with Crippen LogP contribution in [0, 0.1) is 18.3 Å². The topological polar surface area (TPSA) is 27.0 Å². The van der Waals surface area contributed by atoms with Crippen LogP contribution in [0.3, 0.4) is 0 Å².